The minimum atomic E-state index is 0.0272. The Labute approximate surface area is 160 Å². The third kappa shape index (κ3) is 5.11. The maximum atomic E-state index is 12.5. The number of rotatable bonds is 8. The number of carbonyl (C=O) groups is 1. The number of H-pyrrole nitrogens is 1. The van der Waals surface area contributed by atoms with Gasteiger partial charge in [0.15, 0.2) is 0 Å². The molecule has 142 valence electrons. The summed E-state index contributed by atoms with van der Waals surface area (Å²) in [4.78, 5) is 17.9. The van der Waals surface area contributed by atoms with Crippen LogP contribution in [-0.2, 0) is 17.8 Å². The van der Waals surface area contributed by atoms with Crippen LogP contribution < -0.4 is 10.1 Å². The smallest absolute Gasteiger partial charge is 0.224 e. The quantitative estimate of drug-likeness (QED) is 0.644. The first-order chi connectivity index (χ1) is 13.0. The standard InChI is InChI=1S/C22H27N3O2/c1-16(14-25(2)15-17-7-5-4-6-8-17)24-22(26)11-18-13-23-21-10-9-19(27-3)12-20(18)21/h4-10,12-13,16,23H,11,14-15H2,1-3H3,(H,24,26). The van der Waals surface area contributed by atoms with E-state index in [-0.39, 0.29) is 11.9 Å². The minimum absolute atomic E-state index is 0.0272. The van der Waals surface area contributed by atoms with E-state index in [1.165, 1.54) is 5.56 Å². The van der Waals surface area contributed by atoms with Gasteiger partial charge in [0.05, 0.1) is 13.5 Å². The molecule has 0 radical (unpaired) electrons. The molecule has 0 fully saturated rings. The summed E-state index contributed by atoms with van der Waals surface area (Å²) in [6.45, 7) is 3.70. The summed E-state index contributed by atoms with van der Waals surface area (Å²) in [5.74, 6) is 0.819. The molecule has 0 bridgehead atoms. The number of amides is 1. The first kappa shape index (κ1) is 19.0. The normalized spacial score (nSPS) is 12.3. The molecule has 0 spiro atoms. The number of hydrogen-bond donors (Lipinski definition) is 2. The molecule has 1 heterocycles. The molecule has 2 aromatic carbocycles. The lowest BCUT2D eigenvalue weighted by Crippen LogP contribution is -2.41. The molecule has 1 atom stereocenters. The topological polar surface area (TPSA) is 57.4 Å². The van der Waals surface area contributed by atoms with Gasteiger partial charge in [0.1, 0.15) is 5.75 Å². The average Bonchev–Trinajstić information content (AvgIpc) is 3.04. The van der Waals surface area contributed by atoms with Gasteiger partial charge in [0.25, 0.3) is 0 Å². The lowest BCUT2D eigenvalue weighted by molar-refractivity contribution is -0.121. The lowest BCUT2D eigenvalue weighted by Gasteiger charge is -2.22. The van der Waals surface area contributed by atoms with Crippen LogP contribution in [0.25, 0.3) is 10.9 Å². The van der Waals surface area contributed by atoms with Gasteiger partial charge in [-0.15, -0.1) is 0 Å². The summed E-state index contributed by atoms with van der Waals surface area (Å²) in [7, 11) is 3.72. The van der Waals surface area contributed by atoms with Crippen molar-refractivity contribution in [3.8, 4) is 5.75 Å². The van der Waals surface area contributed by atoms with Crippen molar-refractivity contribution in [2.45, 2.75) is 25.9 Å². The number of fused-ring (bicyclic) bond motifs is 1. The predicted octanol–water partition coefficient (Wildman–Crippen LogP) is 3.36. The highest BCUT2D eigenvalue weighted by Crippen LogP contribution is 2.23. The molecule has 0 aliphatic rings. The molecule has 5 heteroatoms. The van der Waals surface area contributed by atoms with Gasteiger partial charge >= 0.3 is 0 Å². The second-order valence-electron chi connectivity index (χ2n) is 7.05. The SMILES string of the molecule is COc1ccc2[nH]cc(CC(=O)NC(C)CN(C)Cc3ccccc3)c2c1. The van der Waals surface area contributed by atoms with E-state index in [0.717, 1.165) is 35.3 Å². The highest BCUT2D eigenvalue weighted by atomic mass is 16.5. The first-order valence-corrected chi connectivity index (χ1v) is 9.21. The summed E-state index contributed by atoms with van der Waals surface area (Å²) in [6.07, 6.45) is 2.25. The second-order valence-corrected chi connectivity index (χ2v) is 7.05. The molecule has 0 saturated heterocycles. The first-order valence-electron chi connectivity index (χ1n) is 9.21. The molecular formula is C22H27N3O2. The zero-order chi connectivity index (χ0) is 19.2. The Bertz CT molecular complexity index is 889. The fourth-order valence-electron chi connectivity index (χ4n) is 3.40. The third-order valence-corrected chi connectivity index (χ3v) is 4.61. The maximum Gasteiger partial charge on any atom is 0.224 e. The molecule has 2 N–H and O–H groups in total. The molecule has 27 heavy (non-hydrogen) atoms. The number of ether oxygens (including phenoxy) is 1. The molecule has 1 unspecified atom stereocenters. The zero-order valence-electron chi connectivity index (χ0n) is 16.2. The molecule has 0 saturated carbocycles. The molecule has 1 aromatic heterocycles. The number of nitrogens with zero attached hydrogens (tertiary/aromatic N) is 1. The Morgan fingerprint density at radius 3 is 2.74 bits per heavy atom. The number of benzene rings is 2. The molecule has 5 nitrogen and oxygen atoms in total. The number of hydrogen-bond acceptors (Lipinski definition) is 3. The number of carbonyl (C=O) groups excluding carboxylic acids is 1. The van der Waals surface area contributed by atoms with Gasteiger partial charge in [0.2, 0.25) is 5.91 Å². The van der Waals surface area contributed by atoms with Crippen LogP contribution in [0.15, 0.2) is 54.7 Å². The van der Waals surface area contributed by atoms with Crippen molar-refractivity contribution in [2.75, 3.05) is 20.7 Å². The van der Waals surface area contributed by atoms with Crippen LogP contribution in [0.2, 0.25) is 0 Å². The van der Waals surface area contributed by atoms with Crippen LogP contribution in [0.4, 0.5) is 0 Å². The van der Waals surface area contributed by atoms with Crippen LogP contribution in [0.1, 0.15) is 18.1 Å². The highest BCUT2D eigenvalue weighted by molar-refractivity contribution is 5.89. The van der Waals surface area contributed by atoms with Crippen LogP contribution in [0.3, 0.4) is 0 Å². The van der Waals surface area contributed by atoms with Crippen molar-refractivity contribution >= 4 is 16.8 Å². The molecule has 0 aliphatic heterocycles. The lowest BCUT2D eigenvalue weighted by atomic mass is 10.1. The van der Waals surface area contributed by atoms with E-state index in [1.54, 1.807) is 7.11 Å². The van der Waals surface area contributed by atoms with Crippen molar-refractivity contribution in [1.82, 2.24) is 15.2 Å². The van der Waals surface area contributed by atoms with E-state index >= 15 is 0 Å². The Kier molecular flexibility index (Phi) is 6.14. The summed E-state index contributed by atoms with van der Waals surface area (Å²) >= 11 is 0. The van der Waals surface area contributed by atoms with Crippen LogP contribution in [-0.4, -0.2) is 42.5 Å². The van der Waals surface area contributed by atoms with E-state index in [9.17, 15) is 4.79 Å². The summed E-state index contributed by atoms with van der Waals surface area (Å²) < 4.78 is 5.29. The number of nitrogens with one attached hydrogen (secondary N) is 2. The number of aromatic amines is 1. The van der Waals surface area contributed by atoms with Gasteiger partial charge in [0, 0.05) is 36.2 Å². The van der Waals surface area contributed by atoms with Gasteiger partial charge in [-0.05, 0) is 43.3 Å². The van der Waals surface area contributed by atoms with Crippen LogP contribution >= 0.6 is 0 Å². The molecule has 0 aliphatic carbocycles. The van der Waals surface area contributed by atoms with Gasteiger partial charge in [-0.2, -0.15) is 0 Å². The Hall–Kier alpha value is -2.79. The Morgan fingerprint density at radius 2 is 2.00 bits per heavy atom. The number of likely N-dealkylation sites (N-methyl/N-ethyl adjacent to an activating group) is 1. The van der Waals surface area contributed by atoms with E-state index in [0.29, 0.717) is 6.42 Å². The van der Waals surface area contributed by atoms with Crippen LogP contribution in [0.5, 0.6) is 5.75 Å². The predicted molar refractivity (Wildman–Crippen MR) is 109 cm³/mol. The third-order valence-electron chi connectivity index (χ3n) is 4.61. The monoisotopic (exact) mass is 365 g/mol. The average molecular weight is 365 g/mol. The zero-order valence-corrected chi connectivity index (χ0v) is 16.2. The van der Waals surface area contributed by atoms with Crippen molar-refractivity contribution in [3.05, 3.63) is 65.9 Å². The van der Waals surface area contributed by atoms with E-state index in [1.807, 2.05) is 49.5 Å². The van der Waals surface area contributed by atoms with Crippen molar-refractivity contribution in [1.29, 1.82) is 0 Å². The minimum Gasteiger partial charge on any atom is -0.497 e. The van der Waals surface area contributed by atoms with E-state index in [2.05, 4.69) is 34.4 Å². The maximum absolute atomic E-state index is 12.5. The summed E-state index contributed by atoms with van der Waals surface area (Å²) in [5, 5.41) is 4.13. The van der Waals surface area contributed by atoms with E-state index < -0.39 is 0 Å². The molecule has 3 aromatic rings. The number of methoxy groups -OCH3 is 1. The summed E-state index contributed by atoms with van der Waals surface area (Å²) in [5.41, 5.74) is 3.26. The fourth-order valence-corrected chi connectivity index (χ4v) is 3.40. The van der Waals surface area contributed by atoms with Crippen molar-refractivity contribution < 1.29 is 9.53 Å². The fraction of sp³-hybridized carbons (Fsp3) is 0.318. The van der Waals surface area contributed by atoms with Gasteiger partial charge in [-0.25, -0.2) is 0 Å². The van der Waals surface area contributed by atoms with Crippen molar-refractivity contribution in [2.24, 2.45) is 0 Å². The van der Waals surface area contributed by atoms with E-state index in [4.69, 9.17) is 4.74 Å². The summed E-state index contributed by atoms with van der Waals surface area (Å²) in [6, 6.07) is 16.3. The van der Waals surface area contributed by atoms with Crippen molar-refractivity contribution in [3.63, 3.8) is 0 Å². The van der Waals surface area contributed by atoms with Crippen LogP contribution in [0, 0.1) is 0 Å². The second kappa shape index (κ2) is 8.73. The highest BCUT2D eigenvalue weighted by Gasteiger charge is 2.13. The number of aromatic nitrogens is 1. The van der Waals surface area contributed by atoms with Gasteiger partial charge in [-0.1, -0.05) is 30.3 Å². The largest absolute Gasteiger partial charge is 0.497 e. The molecule has 3 rings (SSSR count). The van der Waals surface area contributed by atoms with Gasteiger partial charge in [-0.3, -0.25) is 4.79 Å². The van der Waals surface area contributed by atoms with Gasteiger partial charge < -0.3 is 19.9 Å². The molecular weight excluding hydrogens is 338 g/mol. The Balaban J connectivity index is 1.54. The molecule has 1 amide bonds. The Morgan fingerprint density at radius 1 is 1.22 bits per heavy atom.